The number of hydrogen-bond acceptors (Lipinski definition) is 3. The number of aliphatic imine (C=N–C) groups is 1. The summed E-state index contributed by atoms with van der Waals surface area (Å²) in [6.45, 7) is 2.77. The highest BCUT2D eigenvalue weighted by Crippen LogP contribution is 2.25. The topological polar surface area (TPSA) is 41.6 Å². The van der Waals surface area contributed by atoms with E-state index in [2.05, 4.69) is 11.9 Å². The summed E-state index contributed by atoms with van der Waals surface area (Å²) < 4.78 is 13.7. The van der Waals surface area contributed by atoms with E-state index in [9.17, 15) is 4.39 Å². The van der Waals surface area contributed by atoms with Crippen LogP contribution in [0.2, 0.25) is 0 Å². The van der Waals surface area contributed by atoms with Gasteiger partial charge in [-0.15, -0.1) is 0 Å². The molecule has 0 radical (unpaired) electrons. The van der Waals surface area contributed by atoms with Gasteiger partial charge in [0.15, 0.2) is 5.96 Å². The first kappa shape index (κ1) is 10.9. The summed E-state index contributed by atoms with van der Waals surface area (Å²) >= 11 is 0. The highest BCUT2D eigenvalue weighted by Gasteiger charge is 2.28. The number of halogens is 1. The molecule has 2 rings (SSSR count). The molecular formula is C12H16FN3. The van der Waals surface area contributed by atoms with Crippen molar-refractivity contribution in [2.75, 3.05) is 11.4 Å². The fourth-order valence-corrected chi connectivity index (χ4v) is 2.06. The van der Waals surface area contributed by atoms with Gasteiger partial charge in [-0.05, 0) is 18.6 Å². The maximum atomic E-state index is 13.7. The molecule has 0 spiro atoms. The molecule has 0 amide bonds. The van der Waals surface area contributed by atoms with Crippen molar-refractivity contribution < 1.29 is 4.39 Å². The van der Waals surface area contributed by atoms with Crippen molar-refractivity contribution in [1.29, 1.82) is 0 Å². The van der Waals surface area contributed by atoms with Crippen LogP contribution < -0.4 is 10.6 Å². The summed E-state index contributed by atoms with van der Waals surface area (Å²) in [6, 6.07) is 6.88. The molecule has 0 fully saturated rings. The third-order valence-corrected chi connectivity index (χ3v) is 2.81. The van der Waals surface area contributed by atoms with Gasteiger partial charge in [0.1, 0.15) is 5.82 Å². The molecule has 1 unspecified atom stereocenters. The quantitative estimate of drug-likeness (QED) is 0.849. The number of benzene rings is 1. The zero-order valence-corrected chi connectivity index (χ0v) is 9.36. The summed E-state index contributed by atoms with van der Waals surface area (Å²) in [5.74, 6) is 0.173. The highest BCUT2D eigenvalue weighted by molar-refractivity contribution is 5.97. The fraction of sp³-hybridized carbons (Fsp3) is 0.417. The van der Waals surface area contributed by atoms with Gasteiger partial charge in [0.2, 0.25) is 0 Å². The van der Waals surface area contributed by atoms with Gasteiger partial charge in [0.25, 0.3) is 0 Å². The van der Waals surface area contributed by atoms with Crippen molar-refractivity contribution in [2.45, 2.75) is 25.8 Å². The molecule has 2 N–H and O–H groups in total. The van der Waals surface area contributed by atoms with Gasteiger partial charge in [0.05, 0.1) is 18.3 Å². The summed E-state index contributed by atoms with van der Waals surface area (Å²) in [6.07, 6.45) is 2.01. The maximum absolute atomic E-state index is 13.7. The summed E-state index contributed by atoms with van der Waals surface area (Å²) in [5, 5.41) is 0. The largest absolute Gasteiger partial charge is 0.370 e. The Labute approximate surface area is 94.8 Å². The van der Waals surface area contributed by atoms with Gasteiger partial charge >= 0.3 is 0 Å². The van der Waals surface area contributed by atoms with Crippen molar-refractivity contribution in [3.63, 3.8) is 0 Å². The molecule has 0 saturated heterocycles. The van der Waals surface area contributed by atoms with Crippen molar-refractivity contribution >= 4 is 11.6 Å². The Morgan fingerprint density at radius 3 is 2.94 bits per heavy atom. The van der Waals surface area contributed by atoms with E-state index in [0.717, 1.165) is 12.8 Å². The van der Waals surface area contributed by atoms with E-state index in [0.29, 0.717) is 18.2 Å². The molecule has 3 nitrogen and oxygen atoms in total. The molecule has 1 aromatic carbocycles. The van der Waals surface area contributed by atoms with Gasteiger partial charge in [-0.1, -0.05) is 25.5 Å². The average Bonchev–Trinajstić information content (AvgIpc) is 2.62. The Morgan fingerprint density at radius 1 is 1.50 bits per heavy atom. The first-order valence-corrected chi connectivity index (χ1v) is 5.57. The molecule has 1 heterocycles. The lowest BCUT2D eigenvalue weighted by Gasteiger charge is -2.26. The molecular weight excluding hydrogens is 205 g/mol. The lowest BCUT2D eigenvalue weighted by atomic mass is 10.1. The van der Waals surface area contributed by atoms with Gasteiger partial charge in [0, 0.05) is 0 Å². The second-order valence-electron chi connectivity index (χ2n) is 3.96. The van der Waals surface area contributed by atoms with Gasteiger partial charge in [-0.2, -0.15) is 0 Å². The van der Waals surface area contributed by atoms with Crippen LogP contribution in [0.15, 0.2) is 29.3 Å². The molecule has 0 bridgehead atoms. The van der Waals surface area contributed by atoms with Gasteiger partial charge < -0.3 is 10.6 Å². The van der Waals surface area contributed by atoms with E-state index in [1.165, 1.54) is 6.07 Å². The van der Waals surface area contributed by atoms with E-state index in [4.69, 9.17) is 5.73 Å². The van der Waals surface area contributed by atoms with E-state index in [1.807, 2.05) is 6.07 Å². The molecule has 86 valence electrons. The molecule has 16 heavy (non-hydrogen) atoms. The minimum atomic E-state index is -0.247. The molecule has 1 aromatic rings. The summed E-state index contributed by atoms with van der Waals surface area (Å²) in [5.41, 5.74) is 6.34. The van der Waals surface area contributed by atoms with E-state index in [1.54, 1.807) is 17.0 Å². The first-order chi connectivity index (χ1) is 7.74. The molecule has 1 atom stereocenters. The van der Waals surface area contributed by atoms with Crippen LogP contribution in [0.1, 0.15) is 19.8 Å². The van der Waals surface area contributed by atoms with Gasteiger partial charge in [-0.3, -0.25) is 4.99 Å². The highest BCUT2D eigenvalue weighted by atomic mass is 19.1. The van der Waals surface area contributed by atoms with Gasteiger partial charge in [-0.25, -0.2) is 4.39 Å². The minimum absolute atomic E-state index is 0.196. The third kappa shape index (κ3) is 1.87. The Hall–Kier alpha value is -1.58. The maximum Gasteiger partial charge on any atom is 0.196 e. The van der Waals surface area contributed by atoms with E-state index >= 15 is 0 Å². The lowest BCUT2D eigenvalue weighted by Crippen LogP contribution is -2.41. The second-order valence-corrected chi connectivity index (χ2v) is 3.96. The second kappa shape index (κ2) is 4.51. The number of para-hydroxylation sites is 1. The zero-order valence-electron chi connectivity index (χ0n) is 9.36. The van der Waals surface area contributed by atoms with Crippen LogP contribution in [0, 0.1) is 5.82 Å². The minimum Gasteiger partial charge on any atom is -0.370 e. The standard InChI is InChI=1S/C12H16FN3/c1-2-5-9-8-15-12(14)16(9)11-7-4-3-6-10(11)13/h3-4,6-7,9H,2,5,8H2,1H3,(H2,14,15). The van der Waals surface area contributed by atoms with E-state index < -0.39 is 0 Å². The zero-order chi connectivity index (χ0) is 11.5. The first-order valence-electron chi connectivity index (χ1n) is 5.57. The predicted molar refractivity (Wildman–Crippen MR) is 64.1 cm³/mol. The smallest absolute Gasteiger partial charge is 0.196 e. The van der Waals surface area contributed by atoms with Crippen LogP contribution in [0.3, 0.4) is 0 Å². The SMILES string of the molecule is CCCC1CN=C(N)N1c1ccccc1F. The van der Waals surface area contributed by atoms with Crippen LogP contribution >= 0.6 is 0 Å². The number of hydrogen-bond donors (Lipinski definition) is 1. The Bertz CT molecular complexity index is 403. The van der Waals surface area contributed by atoms with Crippen LogP contribution in [-0.4, -0.2) is 18.5 Å². The Balaban J connectivity index is 2.30. The number of guanidine groups is 1. The van der Waals surface area contributed by atoms with Crippen LogP contribution in [0.4, 0.5) is 10.1 Å². The van der Waals surface area contributed by atoms with Crippen LogP contribution in [0.25, 0.3) is 0 Å². The van der Waals surface area contributed by atoms with Crippen LogP contribution in [0.5, 0.6) is 0 Å². The fourth-order valence-electron chi connectivity index (χ4n) is 2.06. The van der Waals surface area contributed by atoms with Crippen molar-refractivity contribution in [2.24, 2.45) is 10.7 Å². The Kier molecular flexibility index (Phi) is 3.08. The average molecular weight is 221 g/mol. The summed E-state index contributed by atoms with van der Waals surface area (Å²) in [7, 11) is 0. The number of nitrogens with two attached hydrogens (primary N) is 1. The van der Waals surface area contributed by atoms with Crippen molar-refractivity contribution in [3.05, 3.63) is 30.1 Å². The Morgan fingerprint density at radius 2 is 2.25 bits per heavy atom. The molecule has 1 aliphatic rings. The molecule has 0 aliphatic carbocycles. The molecule has 0 saturated carbocycles. The molecule has 1 aliphatic heterocycles. The van der Waals surface area contributed by atoms with Crippen molar-refractivity contribution in [3.8, 4) is 0 Å². The lowest BCUT2D eigenvalue weighted by molar-refractivity contribution is 0.597. The number of nitrogens with zero attached hydrogens (tertiary/aromatic N) is 2. The third-order valence-electron chi connectivity index (χ3n) is 2.81. The number of anilines is 1. The molecule has 0 aromatic heterocycles. The molecule has 4 heteroatoms. The predicted octanol–water partition coefficient (Wildman–Crippen LogP) is 2.13. The summed E-state index contributed by atoms with van der Waals surface area (Å²) in [4.78, 5) is 5.99. The van der Waals surface area contributed by atoms with Crippen molar-refractivity contribution in [1.82, 2.24) is 0 Å². The van der Waals surface area contributed by atoms with Crippen LogP contribution in [-0.2, 0) is 0 Å². The number of rotatable bonds is 3. The normalized spacial score (nSPS) is 20.0. The van der Waals surface area contributed by atoms with E-state index in [-0.39, 0.29) is 11.9 Å². The monoisotopic (exact) mass is 221 g/mol.